The van der Waals surface area contributed by atoms with Crippen LogP contribution in [-0.4, -0.2) is 35.5 Å². The molecule has 1 unspecified atom stereocenters. The highest BCUT2D eigenvalue weighted by Crippen LogP contribution is 2.31. The number of hydrogen-bond donors (Lipinski definition) is 2. The van der Waals surface area contributed by atoms with Crippen LogP contribution < -0.4 is 10.2 Å². The number of benzene rings is 2. The Balaban J connectivity index is 1.76. The van der Waals surface area contributed by atoms with Crippen LogP contribution in [0.5, 0.6) is 5.75 Å². The number of anilines is 2. The van der Waals surface area contributed by atoms with E-state index in [0.717, 1.165) is 0 Å². The molecule has 134 valence electrons. The molecule has 7 nitrogen and oxygen atoms in total. The van der Waals surface area contributed by atoms with Gasteiger partial charge in [-0.05, 0) is 37.3 Å². The number of esters is 1. The summed E-state index contributed by atoms with van der Waals surface area (Å²) in [5.41, 5.74) is 1.25. The molecule has 0 saturated carbocycles. The van der Waals surface area contributed by atoms with Gasteiger partial charge in [0.2, 0.25) is 5.91 Å². The third-order valence-electron chi connectivity index (χ3n) is 4.04. The average molecular weight is 354 g/mol. The van der Waals surface area contributed by atoms with Crippen molar-refractivity contribution in [2.45, 2.75) is 19.4 Å². The van der Waals surface area contributed by atoms with E-state index < -0.39 is 18.5 Å². The molecule has 2 N–H and O–H groups in total. The molecule has 0 aliphatic carbocycles. The number of ether oxygens (including phenoxy) is 1. The molecule has 1 aliphatic heterocycles. The predicted molar refractivity (Wildman–Crippen MR) is 95.0 cm³/mol. The number of nitrogens with zero attached hydrogens (tertiary/aromatic N) is 1. The normalized spacial score (nSPS) is 16.3. The lowest BCUT2D eigenvalue weighted by Gasteiger charge is -2.27. The maximum atomic E-state index is 12.7. The molecule has 0 spiro atoms. The van der Waals surface area contributed by atoms with Crippen molar-refractivity contribution in [1.82, 2.24) is 0 Å². The van der Waals surface area contributed by atoms with E-state index in [1.54, 1.807) is 31.2 Å². The minimum absolute atomic E-state index is 0.0644. The average Bonchev–Trinajstić information content (AvgIpc) is 2.73. The van der Waals surface area contributed by atoms with Gasteiger partial charge in [0.25, 0.3) is 5.91 Å². The Bertz CT molecular complexity index is 865. The molecule has 2 amide bonds. The van der Waals surface area contributed by atoms with Gasteiger partial charge in [-0.2, -0.15) is 0 Å². The van der Waals surface area contributed by atoms with E-state index in [-0.39, 0.29) is 29.7 Å². The summed E-state index contributed by atoms with van der Waals surface area (Å²) < 4.78 is 5.08. The van der Waals surface area contributed by atoms with Crippen LogP contribution in [0.4, 0.5) is 11.4 Å². The van der Waals surface area contributed by atoms with E-state index in [1.807, 2.05) is 0 Å². The van der Waals surface area contributed by atoms with Gasteiger partial charge in [-0.15, -0.1) is 0 Å². The smallest absolute Gasteiger partial charge is 0.338 e. The highest BCUT2D eigenvalue weighted by molar-refractivity contribution is 6.05. The lowest BCUT2D eigenvalue weighted by Crippen LogP contribution is -2.41. The second-order valence-corrected chi connectivity index (χ2v) is 6.01. The quantitative estimate of drug-likeness (QED) is 0.825. The molecule has 2 aromatic rings. The van der Waals surface area contributed by atoms with Crippen molar-refractivity contribution in [1.29, 1.82) is 0 Å². The molecule has 3 rings (SSSR count). The summed E-state index contributed by atoms with van der Waals surface area (Å²) in [6.07, 6.45) is 0.140. The summed E-state index contributed by atoms with van der Waals surface area (Å²) >= 11 is 0. The minimum atomic E-state index is -0.709. The van der Waals surface area contributed by atoms with Crippen molar-refractivity contribution in [2.75, 3.05) is 16.8 Å². The lowest BCUT2D eigenvalue weighted by molar-refractivity contribution is -0.122. The Morgan fingerprint density at radius 3 is 2.77 bits per heavy atom. The summed E-state index contributed by atoms with van der Waals surface area (Å²) in [6, 6.07) is 12.3. The number of nitrogens with one attached hydrogen (secondary N) is 1. The molecule has 1 aliphatic rings. The number of carbonyl (C=O) groups excluding carboxylic acids is 3. The van der Waals surface area contributed by atoms with Crippen LogP contribution in [0.25, 0.3) is 0 Å². The topological polar surface area (TPSA) is 95.9 Å². The van der Waals surface area contributed by atoms with E-state index in [0.29, 0.717) is 11.4 Å². The summed E-state index contributed by atoms with van der Waals surface area (Å²) in [6.45, 7) is 1.29. The van der Waals surface area contributed by atoms with E-state index in [1.165, 1.54) is 29.2 Å². The number of para-hydroxylation sites is 2. The lowest BCUT2D eigenvalue weighted by atomic mass is 10.1. The SMILES string of the molecule is CC1CC(=O)Nc2ccccc2N1C(=O)COC(=O)c1cccc(O)c1. The zero-order chi connectivity index (χ0) is 18.7. The monoisotopic (exact) mass is 354 g/mol. The molecule has 0 saturated heterocycles. The van der Waals surface area contributed by atoms with Gasteiger partial charge < -0.3 is 20.1 Å². The number of rotatable bonds is 3. The number of phenolic OH excluding ortho intramolecular Hbond substituents is 1. The number of hydrogen-bond acceptors (Lipinski definition) is 5. The van der Waals surface area contributed by atoms with Gasteiger partial charge in [0, 0.05) is 12.5 Å². The molecule has 26 heavy (non-hydrogen) atoms. The molecule has 0 radical (unpaired) electrons. The molecule has 0 bridgehead atoms. The number of aromatic hydroxyl groups is 1. The first-order valence-corrected chi connectivity index (χ1v) is 8.13. The van der Waals surface area contributed by atoms with Crippen molar-refractivity contribution in [3.8, 4) is 5.75 Å². The van der Waals surface area contributed by atoms with Gasteiger partial charge in [-0.25, -0.2) is 4.79 Å². The van der Waals surface area contributed by atoms with E-state index in [2.05, 4.69) is 5.32 Å². The van der Waals surface area contributed by atoms with E-state index in [4.69, 9.17) is 4.74 Å². The number of amides is 2. The first kappa shape index (κ1) is 17.5. The predicted octanol–water partition coefficient (Wildman–Crippen LogP) is 2.31. The van der Waals surface area contributed by atoms with Crippen LogP contribution in [0.3, 0.4) is 0 Å². The van der Waals surface area contributed by atoms with Gasteiger partial charge in [0.1, 0.15) is 5.75 Å². The zero-order valence-corrected chi connectivity index (χ0v) is 14.1. The van der Waals surface area contributed by atoms with Gasteiger partial charge in [-0.3, -0.25) is 9.59 Å². The van der Waals surface area contributed by atoms with Crippen LogP contribution in [0, 0.1) is 0 Å². The van der Waals surface area contributed by atoms with Crippen LogP contribution in [0.1, 0.15) is 23.7 Å². The minimum Gasteiger partial charge on any atom is -0.508 e. The number of phenols is 1. The molecule has 1 heterocycles. The van der Waals surface area contributed by atoms with Crippen molar-refractivity contribution in [3.05, 3.63) is 54.1 Å². The molecule has 1 atom stereocenters. The van der Waals surface area contributed by atoms with Crippen LogP contribution >= 0.6 is 0 Å². The highest BCUT2D eigenvalue weighted by Gasteiger charge is 2.30. The fourth-order valence-corrected chi connectivity index (χ4v) is 2.88. The first-order chi connectivity index (χ1) is 12.5. The highest BCUT2D eigenvalue weighted by atomic mass is 16.5. The summed E-state index contributed by atoms with van der Waals surface area (Å²) in [4.78, 5) is 38.2. The number of carbonyl (C=O) groups is 3. The van der Waals surface area contributed by atoms with Crippen LogP contribution in [0.15, 0.2) is 48.5 Å². The largest absolute Gasteiger partial charge is 0.508 e. The molecular formula is C19H18N2O5. The van der Waals surface area contributed by atoms with E-state index >= 15 is 0 Å². The second kappa shape index (κ2) is 7.26. The van der Waals surface area contributed by atoms with Crippen LogP contribution in [-0.2, 0) is 14.3 Å². The standard InChI is InChI=1S/C19H18N2O5/c1-12-9-17(23)20-15-7-2-3-8-16(15)21(12)18(24)11-26-19(25)13-5-4-6-14(22)10-13/h2-8,10,12,22H,9,11H2,1H3,(H,20,23). The maximum Gasteiger partial charge on any atom is 0.338 e. The Labute approximate surface area is 150 Å². The van der Waals surface area contributed by atoms with Crippen molar-refractivity contribution >= 4 is 29.2 Å². The summed E-state index contributed by atoms with van der Waals surface area (Å²) in [5, 5.41) is 12.2. The third-order valence-corrected chi connectivity index (χ3v) is 4.04. The van der Waals surface area contributed by atoms with Gasteiger partial charge in [0.05, 0.1) is 16.9 Å². The fraction of sp³-hybridized carbons (Fsp3) is 0.211. The molecule has 0 fully saturated rings. The molecular weight excluding hydrogens is 336 g/mol. The Kier molecular flexibility index (Phi) is 4.88. The molecule has 7 heteroatoms. The van der Waals surface area contributed by atoms with Gasteiger partial charge in [-0.1, -0.05) is 18.2 Å². The van der Waals surface area contributed by atoms with Gasteiger partial charge >= 0.3 is 5.97 Å². The second-order valence-electron chi connectivity index (χ2n) is 6.01. The summed E-state index contributed by atoms with van der Waals surface area (Å²) in [5.74, 6) is -1.39. The molecule has 0 aromatic heterocycles. The van der Waals surface area contributed by atoms with Crippen LogP contribution in [0.2, 0.25) is 0 Å². The third kappa shape index (κ3) is 3.66. The van der Waals surface area contributed by atoms with Crippen molar-refractivity contribution in [3.63, 3.8) is 0 Å². The Hall–Kier alpha value is -3.35. The zero-order valence-electron chi connectivity index (χ0n) is 14.1. The van der Waals surface area contributed by atoms with E-state index in [9.17, 15) is 19.5 Å². The molecule has 2 aromatic carbocycles. The summed E-state index contributed by atoms with van der Waals surface area (Å²) in [7, 11) is 0. The first-order valence-electron chi connectivity index (χ1n) is 8.13. The number of fused-ring (bicyclic) bond motifs is 1. The fourth-order valence-electron chi connectivity index (χ4n) is 2.88. The van der Waals surface area contributed by atoms with Crippen molar-refractivity contribution in [2.24, 2.45) is 0 Å². The van der Waals surface area contributed by atoms with Crippen molar-refractivity contribution < 1.29 is 24.2 Å². The van der Waals surface area contributed by atoms with Gasteiger partial charge in [0.15, 0.2) is 6.61 Å². The Morgan fingerprint density at radius 1 is 1.23 bits per heavy atom. The Morgan fingerprint density at radius 2 is 2.00 bits per heavy atom. The maximum absolute atomic E-state index is 12.7.